The molecule has 0 bridgehead atoms. The second-order valence-corrected chi connectivity index (χ2v) is 29.8. The first kappa shape index (κ1) is 55.2. The number of hydrogen-bond donors (Lipinski definition) is 0. The van der Waals surface area contributed by atoms with Crippen LogP contribution in [0.3, 0.4) is 0 Å². The Bertz CT molecular complexity index is 1650. The molecule has 4 aliphatic carbocycles. The second kappa shape index (κ2) is 20.4. The predicted octanol–water partition coefficient (Wildman–Crippen LogP) is 17.7. The summed E-state index contributed by atoms with van der Waals surface area (Å²) in [5.74, 6) is 8.79. The van der Waals surface area contributed by atoms with Gasteiger partial charge in [-0.15, -0.1) is 0 Å². The molecule has 4 heteroatoms. The summed E-state index contributed by atoms with van der Waals surface area (Å²) >= 11 is -0.826. The van der Waals surface area contributed by atoms with Gasteiger partial charge in [0.25, 0.3) is 0 Å². The Labute approximate surface area is 398 Å². The molecule has 2 aromatic carbocycles. The number of ether oxygens (including phenoxy) is 1. The van der Waals surface area contributed by atoms with Gasteiger partial charge in [0.05, 0.1) is 6.10 Å². The molecule has 4 saturated carbocycles. The van der Waals surface area contributed by atoms with Crippen LogP contribution < -0.4 is 0 Å². The minimum absolute atomic E-state index is 0. The number of benzene rings is 2. The van der Waals surface area contributed by atoms with Crippen LogP contribution in [0.2, 0.25) is 0 Å². The Morgan fingerprint density at radius 3 is 1.28 bits per heavy atom. The van der Waals surface area contributed by atoms with E-state index in [1.165, 1.54) is 60.8 Å². The van der Waals surface area contributed by atoms with E-state index < -0.39 is 20.8 Å². The SMILES string of the molecule is COC1C(c2cc(C(C)(C)C)cc(C(C)(C)C)c2)C2CC(C)C(CC3C(C)CC4C(c5cc(C(C)(C)C)cc(C(C)(C)C)c5)CC(C)CC34)C2CC1C(C)(C)C.[CH3-].[CH3-].[Cl][Zr+2][Cl]. The first-order valence-corrected chi connectivity index (χ1v) is 30.1. The predicted molar refractivity (Wildman–Crippen MR) is 268 cm³/mol. The summed E-state index contributed by atoms with van der Waals surface area (Å²) in [7, 11) is 11.9. The van der Waals surface area contributed by atoms with Crippen molar-refractivity contribution in [2.24, 2.45) is 64.6 Å². The van der Waals surface area contributed by atoms with E-state index in [1.807, 2.05) is 7.11 Å². The molecule has 2 aromatic rings. The van der Waals surface area contributed by atoms with Crippen LogP contribution in [0.15, 0.2) is 36.4 Å². The molecule has 0 aromatic heterocycles. The summed E-state index contributed by atoms with van der Waals surface area (Å²) in [5.41, 5.74) is 9.97. The third-order valence-electron chi connectivity index (χ3n) is 16.7. The molecule has 346 valence electrons. The van der Waals surface area contributed by atoms with E-state index >= 15 is 0 Å². The number of halogens is 2. The van der Waals surface area contributed by atoms with E-state index in [0.29, 0.717) is 23.7 Å². The summed E-state index contributed by atoms with van der Waals surface area (Å²) < 4.78 is 6.77. The van der Waals surface area contributed by atoms with Gasteiger partial charge in [-0.05, 0) is 164 Å². The van der Waals surface area contributed by atoms with Crippen molar-refractivity contribution in [2.75, 3.05) is 7.11 Å². The van der Waals surface area contributed by atoms with Crippen LogP contribution in [-0.2, 0) is 47.2 Å². The van der Waals surface area contributed by atoms with Gasteiger partial charge in [-0.1, -0.05) is 161 Å². The van der Waals surface area contributed by atoms with Gasteiger partial charge in [0.1, 0.15) is 0 Å². The molecule has 0 spiro atoms. The summed E-state index contributed by atoms with van der Waals surface area (Å²) in [5, 5.41) is 0. The number of hydrogen-bond acceptors (Lipinski definition) is 1. The van der Waals surface area contributed by atoms with Gasteiger partial charge in [-0.25, -0.2) is 0 Å². The van der Waals surface area contributed by atoms with Crippen molar-refractivity contribution >= 4 is 17.0 Å². The van der Waals surface area contributed by atoms with Crippen molar-refractivity contribution in [3.63, 3.8) is 0 Å². The first-order chi connectivity index (χ1) is 27.0. The molecule has 0 N–H and O–H groups in total. The van der Waals surface area contributed by atoms with E-state index in [1.54, 1.807) is 11.1 Å². The van der Waals surface area contributed by atoms with Crippen LogP contribution in [0.25, 0.3) is 0 Å². The average molecular weight is 958 g/mol. The fraction of sp³-hybridized carbons (Fsp3) is 0.754. The fourth-order valence-electron chi connectivity index (χ4n) is 13.2. The minimum atomic E-state index is -0.826. The maximum atomic E-state index is 6.77. The summed E-state index contributed by atoms with van der Waals surface area (Å²) in [6.07, 6.45) is 8.58. The Morgan fingerprint density at radius 1 is 0.525 bits per heavy atom. The molecule has 6 rings (SSSR count). The molecule has 0 saturated heterocycles. The van der Waals surface area contributed by atoms with E-state index in [2.05, 4.69) is 161 Å². The number of methoxy groups -OCH3 is 1. The summed E-state index contributed by atoms with van der Waals surface area (Å²) in [4.78, 5) is 0. The molecular formula is C57H94Cl2OZr. The monoisotopic (exact) mass is 955 g/mol. The molecule has 0 amide bonds. The van der Waals surface area contributed by atoms with Crippen LogP contribution in [0.5, 0.6) is 0 Å². The van der Waals surface area contributed by atoms with Gasteiger partial charge >= 0.3 is 37.9 Å². The van der Waals surface area contributed by atoms with Crippen LogP contribution in [-0.4, -0.2) is 13.2 Å². The van der Waals surface area contributed by atoms with Crippen molar-refractivity contribution in [1.29, 1.82) is 0 Å². The van der Waals surface area contributed by atoms with E-state index in [9.17, 15) is 0 Å². The van der Waals surface area contributed by atoms with E-state index in [4.69, 9.17) is 21.8 Å². The van der Waals surface area contributed by atoms with E-state index in [-0.39, 0.29) is 48.0 Å². The maximum absolute atomic E-state index is 6.77. The molecular weight excluding hydrogens is 863 g/mol. The topological polar surface area (TPSA) is 9.23 Å². The Hall–Kier alpha value is -0.137. The van der Waals surface area contributed by atoms with Crippen molar-refractivity contribution in [2.45, 2.75) is 203 Å². The fourth-order valence-corrected chi connectivity index (χ4v) is 13.2. The van der Waals surface area contributed by atoms with Crippen LogP contribution in [0.1, 0.15) is 208 Å². The molecule has 0 radical (unpaired) electrons. The zero-order valence-corrected chi connectivity index (χ0v) is 47.3. The number of fused-ring (bicyclic) bond motifs is 2. The van der Waals surface area contributed by atoms with Crippen molar-refractivity contribution in [3.8, 4) is 0 Å². The number of rotatable bonds is 5. The molecule has 13 atom stereocenters. The third kappa shape index (κ3) is 12.3. The average Bonchev–Trinajstić information content (AvgIpc) is 3.59. The summed E-state index contributed by atoms with van der Waals surface area (Å²) in [6.45, 7) is 44.3. The Balaban J connectivity index is 0.00000193. The Morgan fingerprint density at radius 2 is 0.902 bits per heavy atom. The van der Waals surface area contributed by atoms with Crippen molar-refractivity contribution < 1.29 is 25.6 Å². The molecule has 4 fully saturated rings. The third-order valence-corrected chi connectivity index (χ3v) is 16.7. The quantitative estimate of drug-likeness (QED) is 0.271. The molecule has 61 heavy (non-hydrogen) atoms. The van der Waals surface area contributed by atoms with Gasteiger partial charge in [0.15, 0.2) is 0 Å². The standard InChI is InChI=1S/C55H88O.2CH3.2ClH.Zr/c1-32-20-43(35-24-37(51(4,5)6)28-38(25-35)52(7,8)9)45-22-33(2)41(44(45)21-32)30-42-34(3)23-47-46(42)31-48(55(16,17)18)50(56-19)49(47)36-26-39(53(10,11)12)29-40(27-36)54(13,14)15;;;;;/h24-29,32-34,41-50H,20-23,30-31H2,1-19H3;2*1H3;2*1H;/q;2*-1;;;+4/p-2. The van der Waals surface area contributed by atoms with E-state index in [0.717, 1.165) is 47.3 Å². The van der Waals surface area contributed by atoms with Crippen molar-refractivity contribution in [1.82, 2.24) is 0 Å². The molecule has 0 aliphatic heterocycles. The second-order valence-electron chi connectivity index (χ2n) is 26.0. The van der Waals surface area contributed by atoms with Gasteiger partial charge in [0.2, 0.25) is 0 Å². The first-order valence-electron chi connectivity index (χ1n) is 23.8. The van der Waals surface area contributed by atoms with Crippen LogP contribution in [0.4, 0.5) is 0 Å². The zero-order valence-electron chi connectivity index (χ0n) is 43.4. The molecule has 1 nitrogen and oxygen atoms in total. The zero-order chi connectivity index (χ0) is 44.4. The molecule has 4 aliphatic rings. The molecule has 13 unspecified atom stereocenters. The van der Waals surface area contributed by atoms with Crippen LogP contribution >= 0.6 is 17.0 Å². The van der Waals surface area contributed by atoms with Crippen molar-refractivity contribution in [3.05, 3.63) is 84.6 Å². The van der Waals surface area contributed by atoms with Gasteiger partial charge < -0.3 is 19.6 Å². The summed E-state index contributed by atoms with van der Waals surface area (Å²) in [6, 6.07) is 15.6. The van der Waals surface area contributed by atoms with Gasteiger partial charge in [-0.2, -0.15) is 0 Å². The van der Waals surface area contributed by atoms with Crippen LogP contribution in [0, 0.1) is 79.4 Å². The Kier molecular flexibility index (Phi) is 18.4. The molecule has 0 heterocycles. The van der Waals surface area contributed by atoms with Gasteiger partial charge in [-0.3, -0.25) is 0 Å². The van der Waals surface area contributed by atoms with Gasteiger partial charge in [0, 0.05) is 13.0 Å². The normalized spacial score (nSPS) is 33.0.